The molecule has 6 heteroatoms. The van der Waals surface area contributed by atoms with Crippen LogP contribution in [0.4, 0.5) is 0 Å². The average molecular weight is 395 g/mol. The quantitative estimate of drug-likeness (QED) is 0.422. The average Bonchev–Trinajstić information content (AvgIpc) is 3.29. The van der Waals surface area contributed by atoms with Gasteiger partial charge < -0.3 is 19.5 Å². The summed E-state index contributed by atoms with van der Waals surface area (Å²) in [7, 11) is 1.57. The van der Waals surface area contributed by atoms with Crippen LogP contribution in [-0.2, 0) is 19.1 Å². The Morgan fingerprint density at radius 1 is 1.14 bits per heavy atom. The van der Waals surface area contributed by atoms with E-state index in [0.717, 1.165) is 25.0 Å². The van der Waals surface area contributed by atoms with Gasteiger partial charge in [0.05, 0.1) is 18.8 Å². The molecule has 1 fully saturated rings. The number of nitrogens with one attached hydrogen (secondary N) is 1. The highest BCUT2D eigenvalue weighted by molar-refractivity contribution is 6.22. The topological polar surface area (TPSA) is 73.9 Å². The fourth-order valence-electron chi connectivity index (χ4n) is 3.11. The molecule has 2 aromatic carbocycles. The summed E-state index contributed by atoms with van der Waals surface area (Å²) in [6.07, 6.45) is 3.68. The molecule has 0 spiro atoms. The minimum atomic E-state index is -0.575. The number of carbonyl (C=O) groups is 2. The maximum Gasteiger partial charge on any atom is 0.339 e. The molecule has 1 heterocycles. The standard InChI is InChI=1S/C23H25NO5/c1-27-21-12-6-5-10-18(21)14-20(17-8-3-2-4-9-17)23(26)29-16-22(25)24-15-19-11-7-13-28-19/h2-6,8-10,12,14,19H,7,11,13,15-16H2,1H3,(H,24,25)/b20-14+. The lowest BCUT2D eigenvalue weighted by atomic mass is 10.0. The summed E-state index contributed by atoms with van der Waals surface area (Å²) in [5.74, 6) is -0.282. The number of benzene rings is 2. The number of para-hydroxylation sites is 1. The van der Waals surface area contributed by atoms with Gasteiger partial charge >= 0.3 is 5.97 Å². The molecule has 1 unspecified atom stereocenters. The summed E-state index contributed by atoms with van der Waals surface area (Å²) in [5.41, 5.74) is 1.79. The second kappa shape index (κ2) is 10.4. The van der Waals surface area contributed by atoms with Gasteiger partial charge in [0, 0.05) is 18.7 Å². The molecule has 0 bridgehead atoms. The fraction of sp³-hybridized carbons (Fsp3) is 0.304. The highest BCUT2D eigenvalue weighted by atomic mass is 16.5. The second-order valence-corrected chi connectivity index (χ2v) is 6.68. The third-order valence-electron chi connectivity index (χ3n) is 4.63. The van der Waals surface area contributed by atoms with Crippen LogP contribution in [-0.4, -0.2) is 44.8 Å². The molecule has 1 aliphatic heterocycles. The van der Waals surface area contributed by atoms with Gasteiger partial charge in [-0.3, -0.25) is 4.79 Å². The minimum absolute atomic E-state index is 0.0416. The van der Waals surface area contributed by atoms with Gasteiger partial charge in [-0.25, -0.2) is 4.79 Å². The van der Waals surface area contributed by atoms with Crippen molar-refractivity contribution in [2.45, 2.75) is 18.9 Å². The van der Waals surface area contributed by atoms with E-state index in [1.165, 1.54) is 0 Å². The van der Waals surface area contributed by atoms with Gasteiger partial charge in [-0.05, 0) is 30.5 Å². The number of amides is 1. The molecule has 1 atom stereocenters. The molecule has 0 saturated carbocycles. The van der Waals surface area contributed by atoms with E-state index in [0.29, 0.717) is 23.4 Å². The Kier molecular flexibility index (Phi) is 7.41. The first kappa shape index (κ1) is 20.6. The molecule has 2 aromatic rings. The predicted octanol–water partition coefficient (Wildman–Crippen LogP) is 3.07. The zero-order valence-electron chi connectivity index (χ0n) is 16.4. The summed E-state index contributed by atoms with van der Waals surface area (Å²) >= 11 is 0. The molecule has 152 valence electrons. The zero-order valence-corrected chi connectivity index (χ0v) is 16.4. The highest BCUT2D eigenvalue weighted by Crippen LogP contribution is 2.25. The maximum absolute atomic E-state index is 12.8. The lowest BCUT2D eigenvalue weighted by Gasteiger charge is -2.12. The first-order chi connectivity index (χ1) is 14.2. The van der Waals surface area contributed by atoms with E-state index in [-0.39, 0.29) is 18.6 Å². The first-order valence-corrected chi connectivity index (χ1v) is 9.63. The van der Waals surface area contributed by atoms with Crippen LogP contribution in [0.5, 0.6) is 5.75 Å². The van der Waals surface area contributed by atoms with Gasteiger partial charge in [0.1, 0.15) is 5.75 Å². The highest BCUT2D eigenvalue weighted by Gasteiger charge is 2.19. The minimum Gasteiger partial charge on any atom is -0.496 e. The van der Waals surface area contributed by atoms with Crippen molar-refractivity contribution in [2.24, 2.45) is 0 Å². The van der Waals surface area contributed by atoms with E-state index in [9.17, 15) is 9.59 Å². The van der Waals surface area contributed by atoms with Crippen molar-refractivity contribution in [1.29, 1.82) is 0 Å². The van der Waals surface area contributed by atoms with E-state index >= 15 is 0 Å². The molecule has 0 radical (unpaired) electrons. The molecule has 29 heavy (non-hydrogen) atoms. The Morgan fingerprint density at radius 2 is 1.90 bits per heavy atom. The van der Waals surface area contributed by atoms with Crippen LogP contribution in [0.15, 0.2) is 54.6 Å². The molecular weight excluding hydrogens is 370 g/mol. The Morgan fingerprint density at radius 3 is 2.62 bits per heavy atom. The summed E-state index contributed by atoms with van der Waals surface area (Å²) < 4.78 is 16.1. The van der Waals surface area contributed by atoms with E-state index in [4.69, 9.17) is 14.2 Å². The Balaban J connectivity index is 1.70. The van der Waals surface area contributed by atoms with Crippen LogP contribution in [0.3, 0.4) is 0 Å². The van der Waals surface area contributed by atoms with Crippen molar-refractivity contribution >= 4 is 23.5 Å². The molecule has 1 saturated heterocycles. The van der Waals surface area contributed by atoms with Crippen molar-refractivity contribution in [3.8, 4) is 5.75 Å². The number of ether oxygens (including phenoxy) is 3. The van der Waals surface area contributed by atoms with E-state index in [1.807, 2.05) is 54.6 Å². The Hall–Kier alpha value is -3.12. The van der Waals surface area contributed by atoms with Crippen LogP contribution in [0, 0.1) is 0 Å². The molecule has 0 aliphatic carbocycles. The number of hydrogen-bond acceptors (Lipinski definition) is 5. The summed E-state index contributed by atoms with van der Waals surface area (Å²) in [6, 6.07) is 16.6. The van der Waals surface area contributed by atoms with Crippen LogP contribution in [0.1, 0.15) is 24.0 Å². The number of methoxy groups -OCH3 is 1. The Bertz CT molecular complexity index is 857. The summed E-state index contributed by atoms with van der Waals surface area (Å²) in [4.78, 5) is 24.8. The number of carbonyl (C=O) groups excluding carboxylic acids is 2. The summed E-state index contributed by atoms with van der Waals surface area (Å²) in [6.45, 7) is 0.810. The lowest BCUT2D eigenvalue weighted by molar-refractivity contribution is -0.143. The maximum atomic E-state index is 12.8. The van der Waals surface area contributed by atoms with Crippen LogP contribution in [0.25, 0.3) is 11.6 Å². The second-order valence-electron chi connectivity index (χ2n) is 6.68. The number of hydrogen-bond donors (Lipinski definition) is 1. The number of rotatable bonds is 8. The van der Waals surface area contributed by atoms with Gasteiger partial charge in [-0.2, -0.15) is 0 Å². The first-order valence-electron chi connectivity index (χ1n) is 9.63. The van der Waals surface area contributed by atoms with Crippen molar-refractivity contribution < 1.29 is 23.8 Å². The molecule has 6 nitrogen and oxygen atoms in total. The fourth-order valence-corrected chi connectivity index (χ4v) is 3.11. The lowest BCUT2D eigenvalue weighted by Crippen LogP contribution is -2.34. The van der Waals surface area contributed by atoms with E-state index < -0.39 is 5.97 Å². The predicted molar refractivity (Wildman–Crippen MR) is 110 cm³/mol. The Labute approximate surface area is 170 Å². The monoisotopic (exact) mass is 395 g/mol. The van der Waals surface area contributed by atoms with Crippen LogP contribution < -0.4 is 10.1 Å². The van der Waals surface area contributed by atoms with E-state index in [2.05, 4.69) is 5.32 Å². The molecule has 1 N–H and O–H groups in total. The third-order valence-corrected chi connectivity index (χ3v) is 4.63. The van der Waals surface area contributed by atoms with Crippen LogP contribution in [0.2, 0.25) is 0 Å². The van der Waals surface area contributed by atoms with Gasteiger partial charge in [0.25, 0.3) is 5.91 Å². The zero-order chi connectivity index (χ0) is 20.5. The van der Waals surface area contributed by atoms with Crippen molar-refractivity contribution in [3.05, 3.63) is 65.7 Å². The number of esters is 1. The molecule has 1 aliphatic rings. The largest absolute Gasteiger partial charge is 0.496 e. The van der Waals surface area contributed by atoms with Crippen molar-refractivity contribution in [3.63, 3.8) is 0 Å². The molecular formula is C23H25NO5. The molecule has 0 aromatic heterocycles. The van der Waals surface area contributed by atoms with Gasteiger partial charge in [-0.15, -0.1) is 0 Å². The van der Waals surface area contributed by atoms with Crippen molar-refractivity contribution in [1.82, 2.24) is 5.32 Å². The van der Waals surface area contributed by atoms with Crippen molar-refractivity contribution in [2.75, 3.05) is 26.9 Å². The van der Waals surface area contributed by atoms with Crippen LogP contribution >= 0.6 is 0 Å². The summed E-state index contributed by atoms with van der Waals surface area (Å²) in [5, 5.41) is 2.75. The van der Waals surface area contributed by atoms with E-state index in [1.54, 1.807) is 13.2 Å². The van der Waals surface area contributed by atoms with Gasteiger partial charge in [-0.1, -0.05) is 48.5 Å². The SMILES string of the molecule is COc1ccccc1/C=C(/C(=O)OCC(=O)NCC1CCCO1)c1ccccc1. The normalized spacial score (nSPS) is 16.3. The van der Waals surface area contributed by atoms with Gasteiger partial charge in [0.2, 0.25) is 0 Å². The third kappa shape index (κ3) is 5.93. The molecule has 3 rings (SSSR count). The smallest absolute Gasteiger partial charge is 0.339 e. The molecule has 1 amide bonds. The van der Waals surface area contributed by atoms with Gasteiger partial charge in [0.15, 0.2) is 6.61 Å².